The molecule has 1 aliphatic carbocycles. The molecule has 2 amide bonds. The maximum atomic E-state index is 13.8. The minimum atomic E-state index is 0.0475. The third kappa shape index (κ3) is 6.07. The van der Waals surface area contributed by atoms with E-state index in [1.807, 2.05) is 53.4 Å². The molecule has 2 aliphatic heterocycles. The van der Waals surface area contributed by atoms with Crippen molar-refractivity contribution in [3.8, 4) is 5.75 Å². The number of hydrogen-bond acceptors (Lipinski definition) is 5. The molecule has 3 aliphatic rings. The summed E-state index contributed by atoms with van der Waals surface area (Å²) in [4.78, 5) is 34.2. The van der Waals surface area contributed by atoms with E-state index in [4.69, 9.17) is 4.74 Å². The van der Waals surface area contributed by atoms with Crippen molar-refractivity contribution in [3.05, 3.63) is 100.0 Å². The monoisotopic (exact) mass is 581 g/mol. The predicted molar refractivity (Wildman–Crippen MR) is 171 cm³/mol. The molecular weight excluding hydrogens is 542 g/mol. The van der Waals surface area contributed by atoms with Crippen LogP contribution in [0.1, 0.15) is 52.7 Å². The number of rotatable bonds is 6. The van der Waals surface area contributed by atoms with Crippen LogP contribution in [0.5, 0.6) is 5.75 Å². The van der Waals surface area contributed by atoms with Crippen molar-refractivity contribution in [3.63, 3.8) is 0 Å². The van der Waals surface area contributed by atoms with Gasteiger partial charge in [-0.05, 0) is 61.2 Å². The third-order valence-corrected chi connectivity index (χ3v) is 10.1. The normalized spacial score (nSPS) is 21.8. The Hall–Kier alpha value is -3.71. The summed E-state index contributed by atoms with van der Waals surface area (Å²) < 4.78 is 5.52. The molecule has 0 radical (unpaired) electrons. The summed E-state index contributed by atoms with van der Waals surface area (Å²) in [5, 5.41) is 0.434. The molecule has 3 aromatic rings. The molecule has 0 spiro atoms. The molecule has 3 fully saturated rings. The van der Waals surface area contributed by atoms with Crippen LogP contribution in [0.2, 0.25) is 0 Å². The van der Waals surface area contributed by atoms with Gasteiger partial charge in [0.1, 0.15) is 5.75 Å². The molecule has 7 heteroatoms. The van der Waals surface area contributed by atoms with Crippen molar-refractivity contribution in [1.29, 1.82) is 0 Å². The summed E-state index contributed by atoms with van der Waals surface area (Å²) in [6.07, 6.45) is 6.64. The first-order valence-electron chi connectivity index (χ1n) is 15.0. The minimum absolute atomic E-state index is 0.0475. The van der Waals surface area contributed by atoms with E-state index in [0.29, 0.717) is 30.4 Å². The Morgan fingerprint density at radius 3 is 2.38 bits per heavy atom. The van der Waals surface area contributed by atoms with Crippen LogP contribution in [0.25, 0.3) is 6.08 Å². The van der Waals surface area contributed by atoms with Crippen molar-refractivity contribution in [2.75, 3.05) is 38.2 Å². The second-order valence-electron chi connectivity index (χ2n) is 11.5. The second-order valence-corrected chi connectivity index (χ2v) is 12.8. The topological polar surface area (TPSA) is 53.1 Å². The average Bonchev–Trinajstić information content (AvgIpc) is 3.04. The number of amides is 2. The van der Waals surface area contributed by atoms with Crippen LogP contribution >= 0.6 is 11.8 Å². The molecule has 0 aromatic heterocycles. The van der Waals surface area contributed by atoms with Gasteiger partial charge in [0.05, 0.1) is 17.7 Å². The van der Waals surface area contributed by atoms with Crippen molar-refractivity contribution < 1.29 is 14.3 Å². The Kier molecular flexibility index (Phi) is 8.56. The molecule has 6 rings (SSSR count). The van der Waals surface area contributed by atoms with Crippen molar-refractivity contribution >= 4 is 35.3 Å². The van der Waals surface area contributed by atoms with Crippen molar-refractivity contribution in [2.24, 2.45) is 0 Å². The average molecular weight is 582 g/mol. The number of benzene rings is 3. The van der Waals surface area contributed by atoms with E-state index in [0.717, 1.165) is 47.8 Å². The predicted octanol–water partition coefficient (Wildman–Crippen LogP) is 6.39. The number of nitrogens with zero attached hydrogens (tertiary/aromatic N) is 3. The fraction of sp³-hybridized carbons (Fsp3) is 0.371. The molecule has 218 valence electrons. The maximum Gasteiger partial charge on any atom is 0.260 e. The number of aryl methyl sites for hydroxylation is 1. The first kappa shape index (κ1) is 28.4. The number of thioether (sulfide) groups is 1. The van der Waals surface area contributed by atoms with E-state index < -0.39 is 0 Å². The first-order valence-corrected chi connectivity index (χ1v) is 15.9. The highest BCUT2D eigenvalue weighted by Gasteiger charge is 2.40. The lowest BCUT2D eigenvalue weighted by molar-refractivity contribution is -0.130. The number of carbonyl (C=O) groups excluding carboxylic acids is 2. The number of fused-ring (bicyclic) bond motifs is 1. The second kappa shape index (κ2) is 12.7. The Balaban J connectivity index is 1.13. The van der Waals surface area contributed by atoms with E-state index in [1.165, 1.54) is 24.0 Å². The van der Waals surface area contributed by atoms with Crippen LogP contribution in [-0.4, -0.2) is 66.2 Å². The number of piperazine rings is 1. The quantitative estimate of drug-likeness (QED) is 0.316. The molecule has 2 saturated heterocycles. The summed E-state index contributed by atoms with van der Waals surface area (Å²) >= 11 is 1.75. The lowest BCUT2D eigenvalue weighted by atomic mass is 9.92. The van der Waals surface area contributed by atoms with Crippen LogP contribution in [-0.2, 0) is 11.3 Å². The van der Waals surface area contributed by atoms with Gasteiger partial charge in [-0.2, -0.15) is 0 Å². The van der Waals surface area contributed by atoms with Crippen LogP contribution in [0.15, 0.2) is 77.7 Å². The fourth-order valence-electron chi connectivity index (χ4n) is 6.35. The molecule has 2 atom stereocenters. The van der Waals surface area contributed by atoms with Gasteiger partial charge in [0.2, 0.25) is 0 Å². The molecule has 0 bridgehead atoms. The molecule has 42 heavy (non-hydrogen) atoms. The third-order valence-electron chi connectivity index (χ3n) is 8.74. The highest BCUT2D eigenvalue weighted by Crippen LogP contribution is 2.42. The highest BCUT2D eigenvalue weighted by molar-refractivity contribution is 8.04. The Bertz CT molecular complexity index is 1450. The summed E-state index contributed by atoms with van der Waals surface area (Å²) in [5.74, 6) is 1.02. The molecule has 6 nitrogen and oxygen atoms in total. The van der Waals surface area contributed by atoms with Crippen LogP contribution in [0.4, 0.5) is 5.69 Å². The van der Waals surface area contributed by atoms with E-state index in [-0.39, 0.29) is 17.9 Å². The molecular formula is C35H39N3O3S. The number of anilines is 1. The minimum Gasteiger partial charge on any atom is -0.495 e. The van der Waals surface area contributed by atoms with Gasteiger partial charge in [0.15, 0.2) is 0 Å². The van der Waals surface area contributed by atoms with Gasteiger partial charge in [-0.25, -0.2) is 0 Å². The Labute approximate surface area is 253 Å². The largest absolute Gasteiger partial charge is 0.495 e. The maximum absolute atomic E-state index is 13.8. The molecule has 3 aromatic carbocycles. The summed E-state index contributed by atoms with van der Waals surface area (Å²) in [6.45, 7) is 5.58. The zero-order valence-electron chi connectivity index (χ0n) is 24.5. The molecule has 2 heterocycles. The van der Waals surface area contributed by atoms with Gasteiger partial charge in [0, 0.05) is 49.6 Å². The summed E-state index contributed by atoms with van der Waals surface area (Å²) in [5.41, 5.74) is 5.10. The van der Waals surface area contributed by atoms with Gasteiger partial charge >= 0.3 is 0 Å². The zero-order valence-corrected chi connectivity index (χ0v) is 25.3. The number of methoxy groups -OCH3 is 1. The standard InChI is InChI=1S/C35H39N3O3S/c1-25-11-13-27(14-12-25)24-38-30-8-4-6-10-32(30)42-33(35(38)40)23-26-15-17-28(18-16-26)34(39)37-21-19-36(20-22-37)29-7-3-5-9-31(29)41-2/h3,5,7,9,11-18,23,30,32H,4,6,8,10,19-22,24H2,1-2H3/b33-23+. The smallest absolute Gasteiger partial charge is 0.260 e. The van der Waals surface area contributed by atoms with Crippen LogP contribution in [0.3, 0.4) is 0 Å². The zero-order chi connectivity index (χ0) is 29.1. The van der Waals surface area contributed by atoms with E-state index in [1.54, 1.807) is 18.9 Å². The van der Waals surface area contributed by atoms with E-state index >= 15 is 0 Å². The van der Waals surface area contributed by atoms with Gasteiger partial charge in [0.25, 0.3) is 11.8 Å². The summed E-state index contributed by atoms with van der Waals surface area (Å²) in [6, 6.07) is 24.6. The van der Waals surface area contributed by atoms with Gasteiger partial charge in [-0.3, -0.25) is 9.59 Å². The number of ether oxygens (including phenoxy) is 1. The van der Waals surface area contributed by atoms with E-state index in [9.17, 15) is 9.59 Å². The Morgan fingerprint density at radius 1 is 0.929 bits per heavy atom. The van der Waals surface area contributed by atoms with Crippen LogP contribution in [0, 0.1) is 6.92 Å². The molecule has 2 unspecified atom stereocenters. The highest BCUT2D eigenvalue weighted by atomic mass is 32.2. The number of hydrogen-bond donors (Lipinski definition) is 0. The fourth-order valence-corrected chi connectivity index (χ4v) is 7.82. The van der Waals surface area contributed by atoms with Crippen molar-refractivity contribution in [1.82, 2.24) is 9.80 Å². The van der Waals surface area contributed by atoms with Gasteiger partial charge in [-0.15, -0.1) is 11.8 Å². The first-order chi connectivity index (χ1) is 20.5. The van der Waals surface area contributed by atoms with Gasteiger partial charge < -0.3 is 19.4 Å². The van der Waals surface area contributed by atoms with Gasteiger partial charge in [-0.1, -0.05) is 66.9 Å². The lowest BCUT2D eigenvalue weighted by Crippen LogP contribution is -2.50. The molecule has 0 N–H and O–H groups in total. The Morgan fingerprint density at radius 2 is 1.64 bits per heavy atom. The number of para-hydroxylation sites is 2. The lowest BCUT2D eigenvalue weighted by Gasteiger charge is -2.44. The molecule has 1 saturated carbocycles. The number of carbonyl (C=O) groups is 2. The SMILES string of the molecule is COc1ccccc1N1CCN(C(=O)c2ccc(/C=C3/SC4CCCCC4N(Cc4ccc(C)cc4)C3=O)cc2)CC1. The van der Waals surface area contributed by atoms with E-state index in [2.05, 4.69) is 47.1 Å². The van der Waals surface area contributed by atoms with Crippen molar-refractivity contribution in [2.45, 2.75) is 50.4 Å². The summed E-state index contributed by atoms with van der Waals surface area (Å²) in [7, 11) is 1.69. The van der Waals surface area contributed by atoms with Crippen LogP contribution < -0.4 is 9.64 Å².